The van der Waals surface area contributed by atoms with Crippen molar-refractivity contribution >= 4 is 22.7 Å². The van der Waals surface area contributed by atoms with Crippen molar-refractivity contribution in [3.05, 3.63) is 57.5 Å². The molecule has 5 rings (SSSR count). The van der Waals surface area contributed by atoms with Crippen molar-refractivity contribution in [3.63, 3.8) is 0 Å². The average molecular weight is 402 g/mol. The van der Waals surface area contributed by atoms with Crippen LogP contribution in [0.15, 0.2) is 35.3 Å². The molecule has 3 N–H and O–H groups in total. The third kappa shape index (κ3) is 3.22. The SMILES string of the molecule is N#Cc1cc2cnc(Nc3ccc4c(c3)CCNC4)nc2n(C2CCCC2O)c1=O. The monoisotopic (exact) mass is 402 g/mol. The first-order valence-electron chi connectivity index (χ1n) is 10.2. The van der Waals surface area contributed by atoms with Crippen LogP contribution in [0.2, 0.25) is 0 Å². The molecule has 3 heterocycles. The summed E-state index contributed by atoms with van der Waals surface area (Å²) in [6, 6.07) is 9.29. The second-order valence-electron chi connectivity index (χ2n) is 7.92. The highest BCUT2D eigenvalue weighted by Gasteiger charge is 2.30. The lowest BCUT2D eigenvalue weighted by Gasteiger charge is -2.20. The molecule has 0 saturated heterocycles. The summed E-state index contributed by atoms with van der Waals surface area (Å²) in [7, 11) is 0. The van der Waals surface area contributed by atoms with E-state index < -0.39 is 11.7 Å². The molecule has 1 fully saturated rings. The minimum absolute atomic E-state index is 0.0363. The predicted octanol–water partition coefficient (Wildman–Crippen LogP) is 2.14. The van der Waals surface area contributed by atoms with Crippen LogP contribution in [0.25, 0.3) is 11.0 Å². The van der Waals surface area contributed by atoms with Gasteiger partial charge in [-0.15, -0.1) is 0 Å². The molecule has 0 radical (unpaired) electrons. The molecule has 3 aromatic rings. The molecule has 1 aromatic carbocycles. The Bertz CT molecular complexity index is 1230. The Morgan fingerprint density at radius 1 is 1.27 bits per heavy atom. The smallest absolute Gasteiger partial charge is 0.270 e. The van der Waals surface area contributed by atoms with E-state index in [4.69, 9.17) is 0 Å². The van der Waals surface area contributed by atoms with E-state index in [1.54, 1.807) is 6.20 Å². The average Bonchev–Trinajstić information content (AvgIpc) is 3.18. The quantitative estimate of drug-likeness (QED) is 0.615. The van der Waals surface area contributed by atoms with Crippen molar-refractivity contribution in [2.75, 3.05) is 11.9 Å². The van der Waals surface area contributed by atoms with Crippen molar-refractivity contribution in [1.82, 2.24) is 19.9 Å². The first-order chi connectivity index (χ1) is 14.6. The summed E-state index contributed by atoms with van der Waals surface area (Å²) in [5, 5.41) is 27.0. The molecule has 1 aliphatic heterocycles. The third-order valence-electron chi connectivity index (χ3n) is 6.02. The minimum Gasteiger partial charge on any atom is -0.391 e. The number of benzene rings is 1. The Labute approximate surface area is 173 Å². The Morgan fingerprint density at radius 2 is 2.17 bits per heavy atom. The van der Waals surface area contributed by atoms with Gasteiger partial charge in [0.25, 0.3) is 5.56 Å². The number of anilines is 2. The standard InChI is InChI=1S/C22H22N6O2/c23-10-15-8-16-12-25-22(26-17-5-4-14-11-24-7-6-13(14)9-17)27-20(16)28(21(15)30)18-2-1-3-19(18)29/h4-5,8-9,12,18-19,24,29H,1-3,6-7,11H2,(H,25,26,27). The molecule has 1 saturated carbocycles. The van der Waals surface area contributed by atoms with Crippen molar-refractivity contribution in [1.29, 1.82) is 5.26 Å². The van der Waals surface area contributed by atoms with Gasteiger partial charge in [0.2, 0.25) is 5.95 Å². The minimum atomic E-state index is -0.625. The fourth-order valence-electron chi connectivity index (χ4n) is 4.47. The first kappa shape index (κ1) is 18.7. The molecule has 0 spiro atoms. The van der Waals surface area contributed by atoms with Gasteiger partial charge in [-0.2, -0.15) is 10.2 Å². The van der Waals surface area contributed by atoms with Gasteiger partial charge in [0.15, 0.2) is 0 Å². The van der Waals surface area contributed by atoms with Gasteiger partial charge in [-0.3, -0.25) is 9.36 Å². The van der Waals surface area contributed by atoms with E-state index in [1.807, 2.05) is 12.1 Å². The van der Waals surface area contributed by atoms with Crippen molar-refractivity contribution in [2.45, 2.75) is 44.4 Å². The molecule has 0 bridgehead atoms. The molecule has 2 aliphatic rings. The zero-order valence-corrected chi connectivity index (χ0v) is 16.4. The van der Waals surface area contributed by atoms with Crippen LogP contribution in [0, 0.1) is 11.3 Å². The molecular weight excluding hydrogens is 380 g/mol. The Hall–Kier alpha value is -3.28. The maximum absolute atomic E-state index is 12.9. The number of nitrogens with one attached hydrogen (secondary N) is 2. The normalized spacial score (nSPS) is 20.7. The van der Waals surface area contributed by atoms with Crippen LogP contribution in [-0.2, 0) is 13.0 Å². The maximum atomic E-state index is 12.9. The van der Waals surface area contributed by atoms with Gasteiger partial charge >= 0.3 is 0 Å². The van der Waals surface area contributed by atoms with Crippen molar-refractivity contribution in [2.24, 2.45) is 0 Å². The van der Waals surface area contributed by atoms with E-state index >= 15 is 0 Å². The van der Waals surface area contributed by atoms with Gasteiger partial charge < -0.3 is 15.7 Å². The zero-order valence-electron chi connectivity index (χ0n) is 16.4. The van der Waals surface area contributed by atoms with Crippen molar-refractivity contribution < 1.29 is 5.11 Å². The molecular formula is C22H22N6O2. The van der Waals surface area contributed by atoms with Gasteiger partial charge in [0.1, 0.15) is 17.3 Å². The number of pyridine rings is 1. The van der Waals surface area contributed by atoms with Crippen LogP contribution >= 0.6 is 0 Å². The second-order valence-corrected chi connectivity index (χ2v) is 7.92. The number of rotatable bonds is 3. The fourth-order valence-corrected chi connectivity index (χ4v) is 4.47. The lowest BCUT2D eigenvalue weighted by Crippen LogP contribution is -2.31. The van der Waals surface area contributed by atoms with E-state index in [1.165, 1.54) is 21.8 Å². The van der Waals surface area contributed by atoms with Gasteiger partial charge in [-0.1, -0.05) is 6.07 Å². The Morgan fingerprint density at radius 3 is 2.97 bits per heavy atom. The van der Waals surface area contributed by atoms with Gasteiger partial charge in [-0.05, 0) is 61.6 Å². The van der Waals surface area contributed by atoms with E-state index in [-0.39, 0.29) is 11.6 Å². The van der Waals surface area contributed by atoms with Gasteiger partial charge in [0.05, 0.1) is 12.1 Å². The summed E-state index contributed by atoms with van der Waals surface area (Å²) in [6.45, 7) is 1.83. The molecule has 8 heteroatoms. The highest BCUT2D eigenvalue weighted by atomic mass is 16.3. The number of aromatic nitrogens is 3. The lowest BCUT2D eigenvalue weighted by molar-refractivity contribution is 0.136. The molecule has 2 unspecified atom stereocenters. The summed E-state index contributed by atoms with van der Waals surface area (Å²) < 4.78 is 1.48. The Balaban J connectivity index is 1.58. The number of nitrogens with zero attached hydrogens (tertiary/aromatic N) is 4. The molecule has 30 heavy (non-hydrogen) atoms. The molecule has 8 nitrogen and oxygen atoms in total. The Kier molecular flexibility index (Phi) is 4.69. The van der Waals surface area contributed by atoms with Crippen molar-refractivity contribution in [3.8, 4) is 6.07 Å². The third-order valence-corrected chi connectivity index (χ3v) is 6.02. The van der Waals surface area contributed by atoms with E-state index in [0.29, 0.717) is 29.8 Å². The number of hydrogen-bond acceptors (Lipinski definition) is 7. The maximum Gasteiger partial charge on any atom is 0.270 e. The lowest BCUT2D eigenvalue weighted by atomic mass is 10.0. The summed E-state index contributed by atoms with van der Waals surface area (Å²) in [6.07, 6.45) is 4.11. The number of aliphatic hydroxyl groups is 1. The van der Waals surface area contributed by atoms with Crippen LogP contribution in [-0.4, -0.2) is 32.3 Å². The fraction of sp³-hybridized carbons (Fsp3) is 0.364. The highest BCUT2D eigenvalue weighted by Crippen LogP contribution is 2.31. The number of hydrogen-bond donors (Lipinski definition) is 3. The number of fused-ring (bicyclic) bond motifs is 2. The van der Waals surface area contributed by atoms with E-state index in [0.717, 1.165) is 31.6 Å². The molecule has 1 aliphatic carbocycles. The second kappa shape index (κ2) is 7.52. The molecule has 152 valence electrons. The van der Waals surface area contributed by atoms with Crippen LogP contribution in [0.5, 0.6) is 0 Å². The summed E-state index contributed by atoms with van der Waals surface area (Å²) in [5.41, 5.74) is 3.53. The zero-order chi connectivity index (χ0) is 20.7. The molecule has 2 atom stereocenters. The number of nitriles is 1. The molecule has 0 amide bonds. The molecule has 2 aromatic heterocycles. The summed E-state index contributed by atoms with van der Waals surface area (Å²) in [4.78, 5) is 21.9. The highest BCUT2D eigenvalue weighted by molar-refractivity contribution is 5.77. The summed E-state index contributed by atoms with van der Waals surface area (Å²) in [5.74, 6) is 0.377. The van der Waals surface area contributed by atoms with Crippen LogP contribution in [0.4, 0.5) is 11.6 Å². The predicted molar refractivity (Wildman–Crippen MR) is 113 cm³/mol. The van der Waals surface area contributed by atoms with E-state index in [9.17, 15) is 15.2 Å². The van der Waals surface area contributed by atoms with E-state index in [2.05, 4.69) is 32.7 Å². The van der Waals surface area contributed by atoms with Gasteiger partial charge in [0, 0.05) is 23.8 Å². The van der Waals surface area contributed by atoms with Gasteiger partial charge in [-0.25, -0.2) is 4.98 Å². The first-order valence-corrected chi connectivity index (χ1v) is 10.2. The topological polar surface area (TPSA) is 116 Å². The number of aliphatic hydroxyl groups excluding tert-OH is 1. The van der Waals surface area contributed by atoms with Crippen LogP contribution in [0.1, 0.15) is 42.0 Å². The largest absolute Gasteiger partial charge is 0.391 e. The van der Waals surface area contributed by atoms with Crippen LogP contribution < -0.4 is 16.2 Å². The van der Waals surface area contributed by atoms with Crippen LogP contribution in [0.3, 0.4) is 0 Å². The summed E-state index contributed by atoms with van der Waals surface area (Å²) >= 11 is 0.